The van der Waals surface area contributed by atoms with E-state index in [4.69, 9.17) is 12.2 Å². The average molecular weight is 418 g/mol. The molecular weight excluding hydrogens is 398 g/mol. The van der Waals surface area contributed by atoms with Crippen molar-refractivity contribution in [3.8, 4) is 10.6 Å². The van der Waals surface area contributed by atoms with Crippen LogP contribution in [0.4, 0.5) is 22.2 Å². The molecule has 7 heteroatoms. The van der Waals surface area contributed by atoms with Gasteiger partial charge < -0.3 is 16.0 Å². The van der Waals surface area contributed by atoms with Crippen LogP contribution >= 0.6 is 23.6 Å². The summed E-state index contributed by atoms with van der Waals surface area (Å²) in [5.41, 5.74) is 5.07. The smallest absolute Gasteiger partial charge is 0.210 e. The van der Waals surface area contributed by atoms with Gasteiger partial charge in [0.25, 0.3) is 0 Å². The van der Waals surface area contributed by atoms with Crippen LogP contribution in [-0.4, -0.2) is 15.3 Å². The van der Waals surface area contributed by atoms with E-state index in [1.807, 2.05) is 72.8 Å². The molecule has 0 unspecified atom stereocenters. The molecule has 0 spiro atoms. The van der Waals surface area contributed by atoms with Crippen molar-refractivity contribution in [1.82, 2.24) is 10.2 Å². The monoisotopic (exact) mass is 417 g/mol. The summed E-state index contributed by atoms with van der Waals surface area (Å²) >= 11 is 6.89. The second kappa shape index (κ2) is 8.81. The van der Waals surface area contributed by atoms with Gasteiger partial charge in [0.1, 0.15) is 5.01 Å². The predicted octanol–water partition coefficient (Wildman–Crippen LogP) is 6.07. The molecule has 144 valence electrons. The van der Waals surface area contributed by atoms with E-state index in [1.165, 1.54) is 16.9 Å². The molecule has 1 heterocycles. The van der Waals surface area contributed by atoms with Crippen LogP contribution in [0.5, 0.6) is 0 Å². The Labute approximate surface area is 178 Å². The van der Waals surface area contributed by atoms with E-state index in [-0.39, 0.29) is 0 Å². The average Bonchev–Trinajstić information content (AvgIpc) is 3.19. The standard InChI is InChI=1S/C22H19N5S2/c1-15-7-5-6-10-19(15)25-22-27-26-20(29-22)16-11-13-18(14-12-16)24-21(28)23-17-8-3-2-4-9-17/h2-14H,1H3,(H,25,27)(H2,23,24,28). The summed E-state index contributed by atoms with van der Waals surface area (Å²) in [5, 5.41) is 20.4. The Hall–Kier alpha value is -3.29. The highest BCUT2D eigenvalue weighted by Gasteiger charge is 2.08. The fourth-order valence-corrected chi connectivity index (χ4v) is 3.73. The first-order valence-corrected chi connectivity index (χ1v) is 10.3. The molecule has 29 heavy (non-hydrogen) atoms. The van der Waals surface area contributed by atoms with Crippen molar-refractivity contribution in [2.45, 2.75) is 6.92 Å². The van der Waals surface area contributed by atoms with Gasteiger partial charge in [-0.15, -0.1) is 10.2 Å². The van der Waals surface area contributed by atoms with Crippen LogP contribution in [0.25, 0.3) is 10.6 Å². The lowest BCUT2D eigenvalue weighted by Gasteiger charge is -2.10. The highest BCUT2D eigenvalue weighted by Crippen LogP contribution is 2.29. The fraction of sp³-hybridized carbons (Fsp3) is 0.0455. The molecule has 3 N–H and O–H groups in total. The van der Waals surface area contributed by atoms with Crippen molar-refractivity contribution in [1.29, 1.82) is 0 Å². The van der Waals surface area contributed by atoms with Crippen LogP contribution in [0.2, 0.25) is 0 Å². The Morgan fingerprint density at radius 2 is 1.45 bits per heavy atom. The summed E-state index contributed by atoms with van der Waals surface area (Å²) in [5.74, 6) is 0. The van der Waals surface area contributed by atoms with E-state index in [0.29, 0.717) is 5.11 Å². The molecule has 4 aromatic rings. The van der Waals surface area contributed by atoms with Crippen LogP contribution in [0.15, 0.2) is 78.9 Å². The number of hydrogen-bond acceptors (Lipinski definition) is 5. The van der Waals surface area contributed by atoms with Gasteiger partial charge in [-0.2, -0.15) is 0 Å². The normalized spacial score (nSPS) is 10.4. The first-order chi connectivity index (χ1) is 14.2. The third-order valence-corrected chi connectivity index (χ3v) is 5.32. The van der Waals surface area contributed by atoms with Gasteiger partial charge in [-0.25, -0.2) is 0 Å². The van der Waals surface area contributed by atoms with E-state index >= 15 is 0 Å². The highest BCUT2D eigenvalue weighted by atomic mass is 32.1. The molecule has 0 aliphatic rings. The van der Waals surface area contributed by atoms with Gasteiger partial charge >= 0.3 is 0 Å². The van der Waals surface area contributed by atoms with Crippen molar-refractivity contribution in [3.63, 3.8) is 0 Å². The minimum atomic E-state index is 0.546. The molecule has 0 fully saturated rings. The van der Waals surface area contributed by atoms with E-state index < -0.39 is 0 Å². The lowest BCUT2D eigenvalue weighted by molar-refractivity contribution is 1.10. The molecule has 0 aliphatic carbocycles. The topological polar surface area (TPSA) is 61.9 Å². The number of anilines is 4. The van der Waals surface area contributed by atoms with Gasteiger partial charge in [0.05, 0.1) is 0 Å². The lowest BCUT2D eigenvalue weighted by Crippen LogP contribution is -2.18. The maximum atomic E-state index is 5.37. The number of thiocarbonyl (C=S) groups is 1. The molecule has 0 saturated carbocycles. The molecular formula is C22H19N5S2. The second-order valence-electron chi connectivity index (χ2n) is 6.37. The fourth-order valence-electron chi connectivity index (χ4n) is 2.73. The molecule has 5 nitrogen and oxygen atoms in total. The molecule has 3 aromatic carbocycles. The van der Waals surface area contributed by atoms with Gasteiger partial charge in [0.15, 0.2) is 5.11 Å². The Kier molecular flexibility index (Phi) is 5.79. The minimum Gasteiger partial charge on any atom is -0.332 e. The summed E-state index contributed by atoms with van der Waals surface area (Å²) in [6.07, 6.45) is 0. The predicted molar refractivity (Wildman–Crippen MR) is 126 cm³/mol. The molecule has 0 amide bonds. The van der Waals surface area contributed by atoms with Crippen molar-refractivity contribution in [2.24, 2.45) is 0 Å². The Bertz CT molecular complexity index is 1110. The largest absolute Gasteiger partial charge is 0.332 e. The van der Waals surface area contributed by atoms with Crippen molar-refractivity contribution in [3.05, 3.63) is 84.4 Å². The summed E-state index contributed by atoms with van der Waals surface area (Å²) in [6, 6.07) is 25.9. The summed E-state index contributed by atoms with van der Waals surface area (Å²) in [6.45, 7) is 2.06. The number of aromatic nitrogens is 2. The molecule has 0 atom stereocenters. The van der Waals surface area contributed by atoms with Crippen LogP contribution < -0.4 is 16.0 Å². The van der Waals surface area contributed by atoms with Crippen LogP contribution in [0, 0.1) is 6.92 Å². The molecule has 4 rings (SSSR count). The summed E-state index contributed by atoms with van der Waals surface area (Å²) < 4.78 is 0. The highest BCUT2D eigenvalue weighted by molar-refractivity contribution is 7.80. The van der Waals surface area contributed by atoms with Crippen LogP contribution in [0.3, 0.4) is 0 Å². The van der Waals surface area contributed by atoms with E-state index in [0.717, 1.165) is 32.8 Å². The van der Waals surface area contributed by atoms with Gasteiger partial charge in [-0.1, -0.05) is 47.7 Å². The van der Waals surface area contributed by atoms with Gasteiger partial charge in [0, 0.05) is 22.6 Å². The van der Waals surface area contributed by atoms with Gasteiger partial charge in [-0.3, -0.25) is 0 Å². The number of nitrogens with one attached hydrogen (secondary N) is 3. The maximum absolute atomic E-state index is 5.37. The van der Waals surface area contributed by atoms with E-state index in [1.54, 1.807) is 0 Å². The Morgan fingerprint density at radius 1 is 0.793 bits per heavy atom. The number of nitrogens with zero attached hydrogens (tertiary/aromatic N) is 2. The number of rotatable bonds is 5. The quantitative estimate of drug-likeness (QED) is 0.343. The number of hydrogen-bond donors (Lipinski definition) is 3. The van der Waals surface area contributed by atoms with Gasteiger partial charge in [0.2, 0.25) is 5.13 Å². The molecule has 0 radical (unpaired) electrons. The lowest BCUT2D eigenvalue weighted by atomic mass is 10.2. The summed E-state index contributed by atoms with van der Waals surface area (Å²) in [4.78, 5) is 0. The zero-order chi connectivity index (χ0) is 20.1. The number of benzene rings is 3. The third kappa shape index (κ3) is 4.96. The van der Waals surface area contributed by atoms with Crippen molar-refractivity contribution >= 4 is 50.9 Å². The Morgan fingerprint density at radius 3 is 2.17 bits per heavy atom. The third-order valence-electron chi connectivity index (χ3n) is 4.23. The number of para-hydroxylation sites is 2. The zero-order valence-corrected chi connectivity index (χ0v) is 17.3. The molecule has 0 saturated heterocycles. The molecule has 0 aliphatic heterocycles. The zero-order valence-electron chi connectivity index (χ0n) is 15.7. The van der Waals surface area contributed by atoms with Crippen molar-refractivity contribution < 1.29 is 0 Å². The van der Waals surface area contributed by atoms with E-state index in [9.17, 15) is 0 Å². The number of aryl methyl sites for hydroxylation is 1. The molecule has 1 aromatic heterocycles. The van der Waals surface area contributed by atoms with Gasteiger partial charge in [-0.05, 0) is 67.2 Å². The van der Waals surface area contributed by atoms with E-state index in [2.05, 4.69) is 39.1 Å². The second-order valence-corrected chi connectivity index (χ2v) is 7.76. The molecule has 0 bridgehead atoms. The first kappa shape index (κ1) is 19.0. The first-order valence-electron chi connectivity index (χ1n) is 9.07. The van der Waals surface area contributed by atoms with Crippen molar-refractivity contribution in [2.75, 3.05) is 16.0 Å². The Balaban J connectivity index is 1.40. The van der Waals surface area contributed by atoms with Crippen LogP contribution in [0.1, 0.15) is 5.56 Å². The van der Waals surface area contributed by atoms with Crippen LogP contribution in [-0.2, 0) is 0 Å². The maximum Gasteiger partial charge on any atom is 0.210 e. The summed E-state index contributed by atoms with van der Waals surface area (Å²) in [7, 11) is 0. The SMILES string of the molecule is Cc1ccccc1Nc1nnc(-c2ccc(NC(=S)Nc3ccccc3)cc2)s1. The minimum absolute atomic E-state index is 0.546.